The Hall–Kier alpha value is -2.72. The maximum absolute atomic E-state index is 12.5. The van der Waals surface area contributed by atoms with Crippen LogP contribution in [0.25, 0.3) is 0 Å². The number of rotatable bonds is 7. The maximum atomic E-state index is 12.5. The SMILES string of the molecule is CCN(CC)S(=O)(=O)c1ccc(CNC(=O)N2CCN(c3cnccn3)CC2)cc1. The summed E-state index contributed by atoms with van der Waals surface area (Å²) in [6, 6.07) is 6.53. The molecule has 1 aromatic heterocycles. The highest BCUT2D eigenvalue weighted by molar-refractivity contribution is 7.89. The molecule has 1 aromatic carbocycles. The predicted octanol–water partition coefficient (Wildman–Crippen LogP) is 1.54. The summed E-state index contributed by atoms with van der Waals surface area (Å²) in [6.07, 6.45) is 5.02. The van der Waals surface area contributed by atoms with E-state index in [9.17, 15) is 13.2 Å². The van der Waals surface area contributed by atoms with Crippen molar-refractivity contribution in [2.45, 2.75) is 25.3 Å². The van der Waals surface area contributed by atoms with Gasteiger partial charge < -0.3 is 15.1 Å². The molecule has 1 fully saturated rings. The van der Waals surface area contributed by atoms with Crippen LogP contribution < -0.4 is 10.2 Å². The molecule has 0 radical (unpaired) electrons. The Morgan fingerprint density at radius 3 is 2.30 bits per heavy atom. The van der Waals surface area contributed by atoms with Crippen molar-refractivity contribution >= 4 is 21.9 Å². The Balaban J connectivity index is 1.51. The number of benzene rings is 1. The first-order chi connectivity index (χ1) is 14.5. The molecule has 3 rings (SSSR count). The first-order valence-electron chi connectivity index (χ1n) is 10.1. The van der Waals surface area contributed by atoms with Gasteiger partial charge in [0.2, 0.25) is 10.0 Å². The highest BCUT2D eigenvalue weighted by Gasteiger charge is 2.23. The number of piperazine rings is 1. The van der Waals surface area contributed by atoms with Gasteiger partial charge in [0.15, 0.2) is 0 Å². The zero-order valence-corrected chi connectivity index (χ0v) is 18.2. The summed E-state index contributed by atoms with van der Waals surface area (Å²) in [6.45, 7) is 7.44. The van der Waals surface area contributed by atoms with Crippen molar-refractivity contribution in [3.05, 3.63) is 48.4 Å². The molecule has 0 unspecified atom stereocenters. The van der Waals surface area contributed by atoms with Gasteiger partial charge in [-0.3, -0.25) is 4.98 Å². The molecule has 10 heteroatoms. The molecule has 0 saturated carbocycles. The van der Waals surface area contributed by atoms with E-state index in [1.165, 1.54) is 4.31 Å². The lowest BCUT2D eigenvalue weighted by molar-refractivity contribution is 0.194. The molecule has 0 bridgehead atoms. The Bertz CT molecular complexity index is 925. The van der Waals surface area contributed by atoms with Gasteiger partial charge in [-0.2, -0.15) is 4.31 Å². The fourth-order valence-corrected chi connectivity index (χ4v) is 4.83. The summed E-state index contributed by atoms with van der Waals surface area (Å²) in [5.74, 6) is 0.817. The molecular formula is C20H28N6O3S. The smallest absolute Gasteiger partial charge is 0.317 e. The Morgan fingerprint density at radius 1 is 1.07 bits per heavy atom. The van der Waals surface area contributed by atoms with E-state index in [4.69, 9.17) is 0 Å². The molecule has 1 aliphatic heterocycles. The molecule has 0 spiro atoms. The van der Waals surface area contributed by atoms with Crippen LogP contribution >= 0.6 is 0 Å². The third-order valence-corrected chi connectivity index (χ3v) is 7.21. The monoisotopic (exact) mass is 432 g/mol. The summed E-state index contributed by atoms with van der Waals surface area (Å²) >= 11 is 0. The van der Waals surface area contributed by atoms with Crippen LogP contribution in [0.1, 0.15) is 19.4 Å². The van der Waals surface area contributed by atoms with Crippen molar-refractivity contribution in [2.75, 3.05) is 44.2 Å². The van der Waals surface area contributed by atoms with Crippen molar-refractivity contribution in [3.63, 3.8) is 0 Å². The summed E-state index contributed by atoms with van der Waals surface area (Å²) in [5, 5.41) is 2.91. The van der Waals surface area contributed by atoms with Crippen molar-refractivity contribution in [1.29, 1.82) is 0 Å². The van der Waals surface area contributed by atoms with Gasteiger partial charge >= 0.3 is 6.03 Å². The number of carbonyl (C=O) groups is 1. The van der Waals surface area contributed by atoms with Crippen LogP contribution in [0.3, 0.4) is 0 Å². The molecule has 0 aliphatic carbocycles. The second-order valence-corrected chi connectivity index (χ2v) is 8.87. The zero-order chi connectivity index (χ0) is 21.6. The van der Waals surface area contributed by atoms with E-state index in [1.807, 2.05) is 13.8 Å². The highest BCUT2D eigenvalue weighted by atomic mass is 32.2. The van der Waals surface area contributed by atoms with Crippen LogP contribution in [0.15, 0.2) is 47.8 Å². The largest absolute Gasteiger partial charge is 0.352 e. The topological polar surface area (TPSA) is 98.7 Å². The standard InChI is InChI=1S/C20H28N6O3S/c1-3-26(4-2)30(28,29)18-7-5-17(6-8-18)15-23-20(27)25-13-11-24(12-14-25)19-16-21-9-10-22-19/h5-10,16H,3-4,11-15H2,1-2H3,(H,23,27). The minimum Gasteiger partial charge on any atom is -0.352 e. The lowest BCUT2D eigenvalue weighted by Crippen LogP contribution is -2.51. The molecule has 0 atom stereocenters. The molecule has 162 valence electrons. The van der Waals surface area contributed by atoms with Crippen molar-refractivity contribution in [1.82, 2.24) is 24.5 Å². The fourth-order valence-electron chi connectivity index (χ4n) is 3.37. The number of amides is 2. The van der Waals surface area contributed by atoms with Crippen LogP contribution in [0.5, 0.6) is 0 Å². The normalized spacial score (nSPS) is 14.8. The van der Waals surface area contributed by atoms with E-state index in [2.05, 4.69) is 20.2 Å². The lowest BCUT2D eigenvalue weighted by Gasteiger charge is -2.35. The van der Waals surface area contributed by atoms with E-state index in [-0.39, 0.29) is 10.9 Å². The second-order valence-electron chi connectivity index (χ2n) is 6.93. The molecule has 2 heterocycles. The van der Waals surface area contributed by atoms with Crippen LogP contribution in [-0.2, 0) is 16.6 Å². The second kappa shape index (κ2) is 9.86. The van der Waals surface area contributed by atoms with Gasteiger partial charge in [0.1, 0.15) is 5.82 Å². The zero-order valence-electron chi connectivity index (χ0n) is 17.4. The van der Waals surface area contributed by atoms with Crippen molar-refractivity contribution in [2.24, 2.45) is 0 Å². The summed E-state index contributed by atoms with van der Waals surface area (Å²) < 4.78 is 26.5. The molecule has 2 amide bonds. The minimum absolute atomic E-state index is 0.131. The number of aromatic nitrogens is 2. The molecule has 2 aromatic rings. The summed E-state index contributed by atoms with van der Waals surface area (Å²) in [7, 11) is -3.47. The average Bonchev–Trinajstić information content (AvgIpc) is 2.79. The number of hydrogen-bond donors (Lipinski definition) is 1. The Kier molecular flexibility index (Phi) is 7.22. The Labute approximate surface area is 177 Å². The predicted molar refractivity (Wildman–Crippen MR) is 115 cm³/mol. The highest BCUT2D eigenvalue weighted by Crippen LogP contribution is 2.16. The Morgan fingerprint density at radius 2 is 1.73 bits per heavy atom. The third kappa shape index (κ3) is 5.06. The maximum Gasteiger partial charge on any atom is 0.317 e. The van der Waals surface area contributed by atoms with Gasteiger partial charge in [-0.15, -0.1) is 0 Å². The number of nitrogens with zero attached hydrogens (tertiary/aromatic N) is 5. The summed E-state index contributed by atoms with van der Waals surface area (Å²) in [5.41, 5.74) is 0.847. The fraction of sp³-hybridized carbons (Fsp3) is 0.450. The van der Waals surface area contributed by atoms with Crippen LogP contribution in [0, 0.1) is 0 Å². The van der Waals surface area contributed by atoms with Crippen molar-refractivity contribution in [3.8, 4) is 0 Å². The van der Waals surface area contributed by atoms with Crippen molar-refractivity contribution < 1.29 is 13.2 Å². The minimum atomic E-state index is -3.47. The van der Waals surface area contributed by atoms with Crippen LogP contribution in [0.2, 0.25) is 0 Å². The number of sulfonamides is 1. The van der Waals surface area contributed by atoms with Crippen LogP contribution in [-0.4, -0.2) is 72.9 Å². The summed E-state index contributed by atoms with van der Waals surface area (Å²) in [4.78, 5) is 25.0. The van der Waals surface area contributed by atoms with E-state index in [1.54, 1.807) is 47.8 Å². The number of anilines is 1. The first-order valence-corrected chi connectivity index (χ1v) is 11.5. The molecule has 1 aliphatic rings. The third-order valence-electron chi connectivity index (χ3n) is 5.15. The molecule has 1 saturated heterocycles. The number of carbonyl (C=O) groups excluding carboxylic acids is 1. The van der Waals surface area contributed by atoms with Gasteiger partial charge in [0.25, 0.3) is 0 Å². The molecule has 1 N–H and O–H groups in total. The number of hydrogen-bond acceptors (Lipinski definition) is 6. The van der Waals surface area contributed by atoms with Gasteiger partial charge in [-0.1, -0.05) is 26.0 Å². The van der Waals surface area contributed by atoms with E-state index >= 15 is 0 Å². The van der Waals surface area contributed by atoms with Gasteiger partial charge in [0.05, 0.1) is 11.1 Å². The molecule has 30 heavy (non-hydrogen) atoms. The van der Waals surface area contributed by atoms with E-state index in [0.717, 1.165) is 11.4 Å². The average molecular weight is 433 g/mol. The first kappa shape index (κ1) is 22.0. The van der Waals surface area contributed by atoms with Gasteiger partial charge in [-0.05, 0) is 17.7 Å². The quantitative estimate of drug-likeness (QED) is 0.713. The van der Waals surface area contributed by atoms with Crippen LogP contribution in [0.4, 0.5) is 10.6 Å². The number of urea groups is 1. The molecule has 9 nitrogen and oxygen atoms in total. The van der Waals surface area contributed by atoms with Gasteiger partial charge in [0, 0.05) is 58.2 Å². The van der Waals surface area contributed by atoms with E-state index in [0.29, 0.717) is 45.8 Å². The van der Waals surface area contributed by atoms with Gasteiger partial charge in [-0.25, -0.2) is 18.2 Å². The van der Waals surface area contributed by atoms with E-state index < -0.39 is 10.0 Å². The molecular weight excluding hydrogens is 404 g/mol. The number of nitrogens with one attached hydrogen (secondary N) is 1. The lowest BCUT2D eigenvalue weighted by atomic mass is 10.2.